The van der Waals surface area contributed by atoms with Gasteiger partial charge in [0.05, 0.1) is 0 Å². The predicted molar refractivity (Wildman–Crippen MR) is 54.1 cm³/mol. The Labute approximate surface area is 88.9 Å². The number of carbonyl (C=O) groups excluding carboxylic acids is 1. The predicted octanol–water partition coefficient (Wildman–Crippen LogP) is 1.04. The fourth-order valence-electron chi connectivity index (χ4n) is 0.906. The van der Waals surface area contributed by atoms with Crippen molar-refractivity contribution in [2.45, 2.75) is 6.04 Å². The number of aliphatic carboxylic acids is 1. The van der Waals surface area contributed by atoms with Gasteiger partial charge in [0.1, 0.15) is 0 Å². The minimum atomic E-state index is -1.49. The number of ketones is 1. The van der Waals surface area contributed by atoms with Crippen LogP contribution in [0.25, 0.3) is 0 Å². The number of halogens is 1. The van der Waals surface area contributed by atoms with Crippen LogP contribution in [0.15, 0.2) is 28.7 Å². The Morgan fingerprint density at radius 2 is 1.79 bits per heavy atom. The van der Waals surface area contributed by atoms with E-state index in [9.17, 15) is 9.59 Å². The lowest BCUT2D eigenvalue weighted by atomic mass is 10.1. The SMILES string of the molecule is NC(C(=O)O)C(=O)c1ccc(Br)cc1. The molecule has 0 heterocycles. The number of carbonyl (C=O) groups is 2. The third-order valence-electron chi connectivity index (χ3n) is 1.68. The van der Waals surface area contributed by atoms with Gasteiger partial charge in [-0.2, -0.15) is 0 Å². The lowest BCUT2D eigenvalue weighted by Gasteiger charge is -2.04. The van der Waals surface area contributed by atoms with Crippen molar-refractivity contribution >= 4 is 27.7 Å². The van der Waals surface area contributed by atoms with E-state index in [2.05, 4.69) is 15.9 Å². The molecule has 0 bridgehead atoms. The van der Waals surface area contributed by atoms with Gasteiger partial charge in [-0.1, -0.05) is 28.1 Å². The molecular weight excluding hydrogens is 250 g/mol. The lowest BCUT2D eigenvalue weighted by Crippen LogP contribution is -2.38. The molecule has 0 saturated heterocycles. The molecule has 0 aliphatic heterocycles. The average molecular weight is 258 g/mol. The largest absolute Gasteiger partial charge is 0.480 e. The van der Waals surface area contributed by atoms with Crippen molar-refractivity contribution in [3.05, 3.63) is 34.3 Å². The molecule has 1 atom stereocenters. The second-order valence-electron chi connectivity index (χ2n) is 2.69. The molecule has 4 nitrogen and oxygen atoms in total. The van der Waals surface area contributed by atoms with Crippen LogP contribution in [-0.2, 0) is 4.79 Å². The molecule has 1 unspecified atom stereocenters. The molecule has 5 heteroatoms. The van der Waals surface area contributed by atoms with Crippen molar-refractivity contribution < 1.29 is 14.7 Å². The number of carboxylic acids is 1. The maximum absolute atomic E-state index is 11.4. The van der Waals surface area contributed by atoms with Gasteiger partial charge in [-0.15, -0.1) is 0 Å². The number of benzene rings is 1. The maximum Gasteiger partial charge on any atom is 0.328 e. The highest BCUT2D eigenvalue weighted by atomic mass is 79.9. The molecule has 1 rings (SSSR count). The lowest BCUT2D eigenvalue weighted by molar-refractivity contribution is -0.137. The summed E-state index contributed by atoms with van der Waals surface area (Å²) in [5.74, 6) is -1.91. The van der Waals surface area contributed by atoms with Crippen molar-refractivity contribution in [3.63, 3.8) is 0 Å². The minimum Gasteiger partial charge on any atom is -0.480 e. The van der Waals surface area contributed by atoms with Crippen LogP contribution < -0.4 is 5.73 Å². The third kappa shape index (κ3) is 2.40. The number of hydrogen-bond acceptors (Lipinski definition) is 3. The van der Waals surface area contributed by atoms with Crippen LogP contribution in [0.3, 0.4) is 0 Å². The Morgan fingerprint density at radius 3 is 2.21 bits per heavy atom. The molecule has 0 aromatic heterocycles. The van der Waals surface area contributed by atoms with Gasteiger partial charge in [-0.25, -0.2) is 0 Å². The summed E-state index contributed by atoms with van der Waals surface area (Å²) in [5.41, 5.74) is 5.46. The summed E-state index contributed by atoms with van der Waals surface area (Å²) < 4.78 is 0.818. The minimum absolute atomic E-state index is 0.295. The van der Waals surface area contributed by atoms with E-state index in [4.69, 9.17) is 10.8 Å². The van der Waals surface area contributed by atoms with E-state index in [-0.39, 0.29) is 0 Å². The van der Waals surface area contributed by atoms with Gasteiger partial charge >= 0.3 is 5.97 Å². The summed E-state index contributed by atoms with van der Waals surface area (Å²) in [5, 5.41) is 8.51. The number of rotatable bonds is 3. The second kappa shape index (κ2) is 4.34. The van der Waals surface area contributed by atoms with Gasteiger partial charge in [0.15, 0.2) is 11.8 Å². The van der Waals surface area contributed by atoms with Crippen molar-refractivity contribution in [1.82, 2.24) is 0 Å². The van der Waals surface area contributed by atoms with Gasteiger partial charge in [-0.05, 0) is 12.1 Å². The van der Waals surface area contributed by atoms with E-state index in [0.29, 0.717) is 5.56 Å². The van der Waals surface area contributed by atoms with Gasteiger partial charge in [0, 0.05) is 10.0 Å². The summed E-state index contributed by atoms with van der Waals surface area (Å²) in [7, 11) is 0. The van der Waals surface area contributed by atoms with Crippen molar-refractivity contribution in [3.8, 4) is 0 Å². The van der Waals surface area contributed by atoms with Gasteiger partial charge in [0.2, 0.25) is 0 Å². The monoisotopic (exact) mass is 257 g/mol. The van der Waals surface area contributed by atoms with Crippen LogP contribution in [0, 0.1) is 0 Å². The normalized spacial score (nSPS) is 12.1. The van der Waals surface area contributed by atoms with Crippen LogP contribution in [0.2, 0.25) is 0 Å². The van der Waals surface area contributed by atoms with Crippen molar-refractivity contribution in [2.24, 2.45) is 5.73 Å². The standard InChI is InChI=1S/C9H8BrNO3/c10-6-3-1-5(2-4-6)8(12)7(11)9(13)14/h1-4,7H,11H2,(H,13,14). The van der Waals surface area contributed by atoms with E-state index >= 15 is 0 Å². The maximum atomic E-state index is 11.4. The number of carboxylic acid groups (broad SMARTS) is 1. The molecule has 0 saturated carbocycles. The second-order valence-corrected chi connectivity index (χ2v) is 3.60. The Hall–Kier alpha value is -1.20. The van der Waals surface area contributed by atoms with E-state index < -0.39 is 17.8 Å². The molecule has 14 heavy (non-hydrogen) atoms. The Balaban J connectivity index is 2.90. The zero-order valence-electron chi connectivity index (χ0n) is 7.11. The average Bonchev–Trinajstić information content (AvgIpc) is 2.16. The molecule has 0 amide bonds. The van der Waals surface area contributed by atoms with Crippen LogP contribution in [0.4, 0.5) is 0 Å². The highest BCUT2D eigenvalue weighted by molar-refractivity contribution is 9.10. The van der Waals surface area contributed by atoms with E-state index in [1.807, 2.05) is 0 Å². The highest BCUT2D eigenvalue weighted by Crippen LogP contribution is 2.11. The van der Waals surface area contributed by atoms with Gasteiger partial charge in [0.25, 0.3) is 0 Å². The molecule has 1 aromatic rings. The van der Waals surface area contributed by atoms with Crippen LogP contribution in [-0.4, -0.2) is 22.9 Å². The van der Waals surface area contributed by atoms with Crippen molar-refractivity contribution in [2.75, 3.05) is 0 Å². The van der Waals surface area contributed by atoms with Crippen LogP contribution in [0.1, 0.15) is 10.4 Å². The molecule has 0 spiro atoms. The third-order valence-corrected chi connectivity index (χ3v) is 2.21. The highest BCUT2D eigenvalue weighted by Gasteiger charge is 2.22. The first-order valence-electron chi connectivity index (χ1n) is 3.80. The first-order chi connectivity index (χ1) is 6.52. The molecule has 3 N–H and O–H groups in total. The molecule has 0 fully saturated rings. The summed E-state index contributed by atoms with van der Waals surface area (Å²) >= 11 is 3.20. The summed E-state index contributed by atoms with van der Waals surface area (Å²) in [6, 6.07) is 4.87. The smallest absolute Gasteiger partial charge is 0.328 e. The molecule has 0 radical (unpaired) electrons. The zero-order valence-corrected chi connectivity index (χ0v) is 8.69. The van der Waals surface area contributed by atoms with Gasteiger partial charge < -0.3 is 10.8 Å². The van der Waals surface area contributed by atoms with E-state index in [1.165, 1.54) is 12.1 Å². The van der Waals surface area contributed by atoms with E-state index in [0.717, 1.165) is 4.47 Å². The number of hydrogen-bond donors (Lipinski definition) is 2. The van der Waals surface area contributed by atoms with Gasteiger partial charge in [-0.3, -0.25) is 9.59 Å². The molecule has 1 aromatic carbocycles. The molecule has 0 aliphatic rings. The molecule has 74 valence electrons. The first-order valence-corrected chi connectivity index (χ1v) is 4.60. The van der Waals surface area contributed by atoms with Crippen LogP contribution >= 0.6 is 15.9 Å². The van der Waals surface area contributed by atoms with Crippen LogP contribution in [0.5, 0.6) is 0 Å². The van der Waals surface area contributed by atoms with Crippen molar-refractivity contribution in [1.29, 1.82) is 0 Å². The van der Waals surface area contributed by atoms with E-state index in [1.54, 1.807) is 12.1 Å². The quantitative estimate of drug-likeness (QED) is 0.627. The fraction of sp³-hybridized carbons (Fsp3) is 0.111. The molecule has 0 aliphatic carbocycles. The number of Topliss-reactive ketones (excluding diaryl/α,β-unsaturated/α-hetero) is 1. The Bertz CT molecular complexity index is 361. The Kier molecular flexibility index (Phi) is 3.38. The first kappa shape index (κ1) is 10.9. The molecular formula is C9H8BrNO3. The zero-order chi connectivity index (χ0) is 10.7. The Morgan fingerprint density at radius 1 is 1.29 bits per heavy atom. The topological polar surface area (TPSA) is 80.4 Å². The number of nitrogens with two attached hydrogens (primary N) is 1. The fourth-order valence-corrected chi connectivity index (χ4v) is 1.17. The summed E-state index contributed by atoms with van der Waals surface area (Å²) in [4.78, 5) is 21.8. The summed E-state index contributed by atoms with van der Waals surface area (Å²) in [6.07, 6.45) is 0. The summed E-state index contributed by atoms with van der Waals surface area (Å²) in [6.45, 7) is 0.